The van der Waals surface area contributed by atoms with Crippen LogP contribution in [0.15, 0.2) is 54.3 Å². The third-order valence-electron chi connectivity index (χ3n) is 5.11. The van der Waals surface area contributed by atoms with E-state index in [1.165, 1.54) is 13.2 Å². The van der Waals surface area contributed by atoms with Crippen molar-refractivity contribution >= 4 is 0 Å². The molecule has 1 aromatic rings. The van der Waals surface area contributed by atoms with E-state index in [9.17, 15) is 13.2 Å². The maximum Gasteiger partial charge on any atom is 0.207 e. The number of allylic oxidation sites excluding steroid dienone is 3. The van der Waals surface area contributed by atoms with Crippen molar-refractivity contribution < 1.29 is 32.1 Å². The summed E-state index contributed by atoms with van der Waals surface area (Å²) in [4.78, 5) is 0. The molecule has 0 bridgehead atoms. The molecule has 0 N–H and O–H groups in total. The number of hydrogen-bond donors (Lipinski definition) is 0. The van der Waals surface area contributed by atoms with Crippen LogP contribution in [0.4, 0.5) is 13.2 Å². The van der Waals surface area contributed by atoms with Gasteiger partial charge in [-0.1, -0.05) is 25.3 Å². The molecule has 2 heterocycles. The summed E-state index contributed by atoms with van der Waals surface area (Å²) in [5.74, 6) is -4.48. The van der Waals surface area contributed by atoms with Crippen LogP contribution in [0.3, 0.4) is 0 Å². The van der Waals surface area contributed by atoms with E-state index in [-0.39, 0.29) is 47.9 Å². The topological polar surface area (TPSA) is 36.9 Å². The number of fused-ring (bicyclic) bond motifs is 1. The Morgan fingerprint density at radius 2 is 2.07 bits per heavy atom. The van der Waals surface area contributed by atoms with Gasteiger partial charge in [-0.05, 0) is 31.4 Å². The highest BCUT2D eigenvalue weighted by molar-refractivity contribution is 5.52. The fourth-order valence-corrected chi connectivity index (χ4v) is 3.42. The molecule has 0 aliphatic carbocycles. The summed E-state index contributed by atoms with van der Waals surface area (Å²) in [7, 11) is 1.24. The lowest BCUT2D eigenvalue weighted by atomic mass is 9.98. The Morgan fingerprint density at radius 1 is 1.30 bits per heavy atom. The highest BCUT2D eigenvalue weighted by Gasteiger charge is 2.30. The van der Waals surface area contributed by atoms with Gasteiger partial charge in [0.1, 0.15) is 0 Å². The molecule has 1 aromatic carbocycles. The van der Waals surface area contributed by atoms with Gasteiger partial charge < -0.3 is 18.9 Å². The van der Waals surface area contributed by atoms with Crippen molar-refractivity contribution in [3.63, 3.8) is 0 Å². The summed E-state index contributed by atoms with van der Waals surface area (Å²) >= 11 is 0. The normalized spacial score (nSPS) is 23.0. The van der Waals surface area contributed by atoms with E-state index in [4.69, 9.17) is 18.9 Å². The first-order valence-electron chi connectivity index (χ1n) is 9.72. The van der Waals surface area contributed by atoms with E-state index in [1.54, 1.807) is 0 Å². The zero-order valence-corrected chi connectivity index (χ0v) is 17.1. The number of methoxy groups -OCH3 is 1. The van der Waals surface area contributed by atoms with Gasteiger partial charge in [0.25, 0.3) is 0 Å². The van der Waals surface area contributed by atoms with Crippen LogP contribution in [0.1, 0.15) is 25.3 Å². The molecule has 3 rings (SSSR count). The molecule has 30 heavy (non-hydrogen) atoms. The standard InChI is InChI=1S/C23H25F3O4/c1-5-6-17-8-7-15(11-28-17)12-29-18-10-16-9-13(2)22(19(24)14(3)27-4)30-23(16)21(26)20(18)25/h5-6,10,15,17H,2-3,7-9,11-12H2,1,4H3/b6-5+,22-19-. The van der Waals surface area contributed by atoms with Crippen LogP contribution in [0.25, 0.3) is 0 Å². The third kappa shape index (κ3) is 4.56. The van der Waals surface area contributed by atoms with Crippen LogP contribution >= 0.6 is 0 Å². The fourth-order valence-electron chi connectivity index (χ4n) is 3.42. The first-order chi connectivity index (χ1) is 14.3. The predicted octanol–water partition coefficient (Wildman–Crippen LogP) is 5.55. The molecule has 0 aromatic heterocycles. The second-order valence-electron chi connectivity index (χ2n) is 7.30. The van der Waals surface area contributed by atoms with Crippen LogP contribution in [-0.4, -0.2) is 26.4 Å². The third-order valence-corrected chi connectivity index (χ3v) is 5.11. The van der Waals surface area contributed by atoms with Crippen molar-refractivity contribution in [2.24, 2.45) is 5.92 Å². The molecule has 0 amide bonds. The van der Waals surface area contributed by atoms with Crippen molar-refractivity contribution in [1.82, 2.24) is 0 Å². The van der Waals surface area contributed by atoms with Crippen LogP contribution in [0.2, 0.25) is 0 Å². The predicted molar refractivity (Wildman–Crippen MR) is 107 cm³/mol. The molecule has 1 saturated heterocycles. The van der Waals surface area contributed by atoms with Gasteiger partial charge >= 0.3 is 0 Å². The molecule has 162 valence electrons. The fraction of sp³-hybridized carbons (Fsp3) is 0.391. The van der Waals surface area contributed by atoms with Crippen molar-refractivity contribution in [1.29, 1.82) is 0 Å². The molecule has 2 atom stereocenters. The Balaban J connectivity index is 1.75. The molecule has 4 nitrogen and oxygen atoms in total. The van der Waals surface area contributed by atoms with Crippen LogP contribution in [0.5, 0.6) is 11.5 Å². The first-order valence-corrected chi connectivity index (χ1v) is 9.72. The van der Waals surface area contributed by atoms with Gasteiger partial charge in [0.2, 0.25) is 17.5 Å². The second-order valence-corrected chi connectivity index (χ2v) is 7.30. The number of halogens is 3. The summed E-state index contributed by atoms with van der Waals surface area (Å²) in [6.45, 7) is 9.78. The number of ether oxygens (including phenoxy) is 4. The molecule has 7 heteroatoms. The minimum absolute atomic E-state index is 0.0697. The van der Waals surface area contributed by atoms with E-state index in [0.29, 0.717) is 12.2 Å². The first kappa shape index (κ1) is 22.0. The van der Waals surface area contributed by atoms with Crippen LogP contribution in [-0.2, 0) is 15.9 Å². The van der Waals surface area contributed by atoms with Gasteiger partial charge in [-0.15, -0.1) is 0 Å². The SMILES string of the molecule is C=C(OC)/C(F)=C1/Oc2c(cc(OCC3CCC(/C=C/C)OC3)c(F)c2F)CC1=C. The van der Waals surface area contributed by atoms with E-state index >= 15 is 0 Å². The Hall–Kier alpha value is -2.67. The van der Waals surface area contributed by atoms with Gasteiger partial charge in [0.05, 0.1) is 26.4 Å². The quantitative estimate of drug-likeness (QED) is 0.445. The van der Waals surface area contributed by atoms with Gasteiger partial charge in [0, 0.05) is 17.9 Å². The summed E-state index contributed by atoms with van der Waals surface area (Å²) < 4.78 is 64.9. The van der Waals surface area contributed by atoms with Crippen LogP contribution < -0.4 is 9.47 Å². The molecular formula is C23H25F3O4. The largest absolute Gasteiger partial charge is 0.494 e. The minimum Gasteiger partial charge on any atom is -0.494 e. The number of benzene rings is 1. The smallest absolute Gasteiger partial charge is 0.207 e. The van der Waals surface area contributed by atoms with E-state index in [0.717, 1.165) is 12.8 Å². The second kappa shape index (κ2) is 9.43. The lowest BCUT2D eigenvalue weighted by Crippen LogP contribution is -2.28. The zero-order chi connectivity index (χ0) is 21.8. The molecular weight excluding hydrogens is 397 g/mol. The zero-order valence-electron chi connectivity index (χ0n) is 17.1. The summed E-state index contributed by atoms with van der Waals surface area (Å²) in [5.41, 5.74) is 0.576. The molecule has 2 aliphatic rings. The van der Waals surface area contributed by atoms with Crippen molar-refractivity contribution in [3.05, 3.63) is 71.5 Å². The highest BCUT2D eigenvalue weighted by atomic mass is 19.2. The average molecular weight is 422 g/mol. The monoisotopic (exact) mass is 422 g/mol. The Morgan fingerprint density at radius 3 is 2.70 bits per heavy atom. The Bertz CT molecular complexity index is 896. The lowest BCUT2D eigenvalue weighted by molar-refractivity contribution is -0.00354. The molecule has 0 radical (unpaired) electrons. The molecule has 2 aliphatic heterocycles. The van der Waals surface area contributed by atoms with Gasteiger partial charge in [-0.25, -0.2) is 0 Å². The number of hydrogen-bond acceptors (Lipinski definition) is 4. The molecule has 0 spiro atoms. The molecule has 0 saturated carbocycles. The Labute approximate surface area is 174 Å². The van der Waals surface area contributed by atoms with E-state index < -0.39 is 23.2 Å². The van der Waals surface area contributed by atoms with Crippen LogP contribution in [0, 0.1) is 17.6 Å². The summed E-state index contributed by atoms with van der Waals surface area (Å²) in [5, 5.41) is 0. The minimum atomic E-state index is -1.24. The van der Waals surface area contributed by atoms with Gasteiger partial charge in [-0.3, -0.25) is 0 Å². The molecule has 1 fully saturated rings. The molecule has 2 unspecified atom stereocenters. The summed E-state index contributed by atoms with van der Waals surface area (Å²) in [6.07, 6.45) is 5.81. The van der Waals surface area contributed by atoms with E-state index in [1.807, 2.05) is 19.1 Å². The van der Waals surface area contributed by atoms with Crippen molar-refractivity contribution in [2.45, 2.75) is 32.3 Å². The maximum absolute atomic E-state index is 14.7. The lowest BCUT2D eigenvalue weighted by Gasteiger charge is -2.28. The summed E-state index contributed by atoms with van der Waals surface area (Å²) in [6, 6.07) is 1.37. The maximum atomic E-state index is 14.7. The average Bonchev–Trinajstić information content (AvgIpc) is 2.75. The van der Waals surface area contributed by atoms with E-state index in [2.05, 4.69) is 13.2 Å². The highest BCUT2D eigenvalue weighted by Crippen LogP contribution is 2.41. The Kier molecular flexibility index (Phi) is 6.92. The number of rotatable bonds is 6. The van der Waals surface area contributed by atoms with Gasteiger partial charge in [0.15, 0.2) is 23.0 Å². The van der Waals surface area contributed by atoms with Crippen molar-refractivity contribution in [2.75, 3.05) is 20.3 Å². The van der Waals surface area contributed by atoms with Gasteiger partial charge in [-0.2, -0.15) is 13.2 Å². The van der Waals surface area contributed by atoms with Crippen molar-refractivity contribution in [3.8, 4) is 11.5 Å².